The van der Waals surface area contributed by atoms with E-state index in [0.717, 1.165) is 13.1 Å². The number of amides is 1. The molecule has 0 aromatic heterocycles. The number of hydrogen-bond acceptors (Lipinski definition) is 2. The summed E-state index contributed by atoms with van der Waals surface area (Å²) in [5, 5.41) is 6.13. The molecule has 0 unspecified atom stereocenters. The maximum Gasteiger partial charge on any atom is 0.251 e. The minimum absolute atomic E-state index is 0.0310. The molecule has 98 valence electrons. The molecule has 0 aliphatic heterocycles. The highest BCUT2D eigenvalue weighted by Gasteiger charge is 2.30. The van der Waals surface area contributed by atoms with E-state index < -0.39 is 0 Å². The fraction of sp³-hybridized carbons (Fsp3) is 0.533. The van der Waals surface area contributed by atoms with Gasteiger partial charge in [0, 0.05) is 25.7 Å². The van der Waals surface area contributed by atoms with Crippen molar-refractivity contribution in [3.05, 3.63) is 35.4 Å². The van der Waals surface area contributed by atoms with Gasteiger partial charge in [0.1, 0.15) is 0 Å². The Labute approximate surface area is 109 Å². The Kier molecular flexibility index (Phi) is 4.02. The Bertz CT molecular complexity index is 407. The standard InChI is InChI=1S/C15H22N2O/c1-15(8-3-9-15)11-17-10-12-4-6-13(7-5-12)14(18)16-2/h4-7,17H,3,8-11H2,1-2H3,(H,16,18). The number of carbonyl (C=O) groups excluding carboxylic acids is 1. The summed E-state index contributed by atoms with van der Waals surface area (Å²) in [4.78, 5) is 11.4. The van der Waals surface area contributed by atoms with Gasteiger partial charge in [0.15, 0.2) is 0 Å². The molecule has 1 saturated carbocycles. The van der Waals surface area contributed by atoms with Gasteiger partial charge in [-0.3, -0.25) is 4.79 Å². The number of benzene rings is 1. The van der Waals surface area contributed by atoms with Crippen molar-refractivity contribution in [3.8, 4) is 0 Å². The van der Waals surface area contributed by atoms with Gasteiger partial charge in [-0.2, -0.15) is 0 Å². The zero-order valence-corrected chi connectivity index (χ0v) is 11.3. The average molecular weight is 246 g/mol. The van der Waals surface area contributed by atoms with E-state index >= 15 is 0 Å². The van der Waals surface area contributed by atoms with E-state index in [4.69, 9.17) is 0 Å². The molecule has 1 aromatic carbocycles. The Hall–Kier alpha value is -1.35. The molecule has 0 saturated heterocycles. The van der Waals surface area contributed by atoms with Crippen LogP contribution < -0.4 is 10.6 Å². The van der Waals surface area contributed by atoms with Crippen LogP contribution in [0.2, 0.25) is 0 Å². The number of carbonyl (C=O) groups is 1. The lowest BCUT2D eigenvalue weighted by atomic mass is 9.70. The second-order valence-electron chi connectivity index (χ2n) is 5.54. The van der Waals surface area contributed by atoms with Gasteiger partial charge in [-0.15, -0.1) is 0 Å². The van der Waals surface area contributed by atoms with Crippen molar-refractivity contribution < 1.29 is 4.79 Å². The second kappa shape index (κ2) is 5.53. The van der Waals surface area contributed by atoms with Crippen LogP contribution in [0.4, 0.5) is 0 Å². The molecule has 0 heterocycles. The van der Waals surface area contributed by atoms with E-state index in [1.807, 2.05) is 24.3 Å². The van der Waals surface area contributed by atoms with Gasteiger partial charge in [0.05, 0.1) is 0 Å². The smallest absolute Gasteiger partial charge is 0.251 e. The van der Waals surface area contributed by atoms with Crippen LogP contribution in [0.1, 0.15) is 42.1 Å². The summed E-state index contributed by atoms with van der Waals surface area (Å²) < 4.78 is 0. The molecule has 1 fully saturated rings. The molecule has 0 bridgehead atoms. The molecule has 3 nitrogen and oxygen atoms in total. The predicted octanol–water partition coefficient (Wildman–Crippen LogP) is 2.33. The third-order valence-electron chi connectivity index (χ3n) is 3.88. The van der Waals surface area contributed by atoms with Crippen molar-refractivity contribution in [1.29, 1.82) is 0 Å². The first kappa shape index (κ1) is 13.1. The van der Waals surface area contributed by atoms with Gasteiger partial charge in [-0.05, 0) is 36.0 Å². The van der Waals surface area contributed by atoms with Crippen molar-refractivity contribution in [2.75, 3.05) is 13.6 Å². The third-order valence-corrected chi connectivity index (χ3v) is 3.88. The molecule has 18 heavy (non-hydrogen) atoms. The van der Waals surface area contributed by atoms with Crippen LogP contribution >= 0.6 is 0 Å². The van der Waals surface area contributed by atoms with Gasteiger partial charge in [0.2, 0.25) is 0 Å². The highest BCUT2D eigenvalue weighted by atomic mass is 16.1. The summed E-state index contributed by atoms with van der Waals surface area (Å²) in [6, 6.07) is 7.78. The van der Waals surface area contributed by atoms with E-state index in [-0.39, 0.29) is 5.91 Å². The van der Waals surface area contributed by atoms with Crippen LogP contribution in [-0.2, 0) is 6.54 Å². The van der Waals surface area contributed by atoms with Crippen molar-refractivity contribution in [3.63, 3.8) is 0 Å². The normalized spacial score (nSPS) is 17.0. The number of nitrogens with one attached hydrogen (secondary N) is 2. The Morgan fingerprint density at radius 3 is 2.44 bits per heavy atom. The molecule has 2 rings (SSSR count). The highest BCUT2D eigenvalue weighted by molar-refractivity contribution is 5.93. The van der Waals surface area contributed by atoms with Crippen molar-refractivity contribution in [2.45, 2.75) is 32.7 Å². The maximum atomic E-state index is 11.4. The van der Waals surface area contributed by atoms with Crippen LogP contribution in [0.3, 0.4) is 0 Å². The van der Waals surface area contributed by atoms with Crippen molar-refractivity contribution in [2.24, 2.45) is 5.41 Å². The minimum Gasteiger partial charge on any atom is -0.355 e. The first-order chi connectivity index (χ1) is 8.63. The van der Waals surface area contributed by atoms with E-state index in [9.17, 15) is 4.79 Å². The molecule has 0 spiro atoms. The number of hydrogen-bond donors (Lipinski definition) is 2. The van der Waals surface area contributed by atoms with Crippen LogP contribution in [0.15, 0.2) is 24.3 Å². The summed E-state index contributed by atoms with van der Waals surface area (Å²) >= 11 is 0. The lowest BCUT2D eigenvalue weighted by molar-refractivity contribution is 0.0963. The molecule has 0 atom stereocenters. The SMILES string of the molecule is CNC(=O)c1ccc(CNCC2(C)CCC2)cc1. The quantitative estimate of drug-likeness (QED) is 0.837. The molecule has 3 heteroatoms. The molecule has 1 aliphatic rings. The minimum atomic E-state index is -0.0310. The summed E-state index contributed by atoms with van der Waals surface area (Å²) in [6.07, 6.45) is 4.06. The molecule has 0 radical (unpaired) electrons. The lowest BCUT2D eigenvalue weighted by Gasteiger charge is -2.38. The Balaban J connectivity index is 1.81. The average Bonchev–Trinajstić information content (AvgIpc) is 2.36. The fourth-order valence-corrected chi connectivity index (χ4v) is 2.38. The molecule has 1 aromatic rings. The third kappa shape index (κ3) is 3.10. The fourth-order valence-electron chi connectivity index (χ4n) is 2.38. The van der Waals surface area contributed by atoms with Crippen LogP contribution in [0.25, 0.3) is 0 Å². The Morgan fingerprint density at radius 1 is 1.28 bits per heavy atom. The summed E-state index contributed by atoms with van der Waals surface area (Å²) in [5.41, 5.74) is 2.46. The first-order valence-corrected chi connectivity index (χ1v) is 6.65. The van der Waals surface area contributed by atoms with Crippen LogP contribution in [-0.4, -0.2) is 19.5 Å². The van der Waals surface area contributed by atoms with Crippen molar-refractivity contribution >= 4 is 5.91 Å². The highest BCUT2D eigenvalue weighted by Crippen LogP contribution is 2.39. The van der Waals surface area contributed by atoms with Gasteiger partial charge < -0.3 is 10.6 Å². The van der Waals surface area contributed by atoms with Crippen LogP contribution in [0.5, 0.6) is 0 Å². The van der Waals surface area contributed by atoms with Crippen LogP contribution in [0, 0.1) is 5.41 Å². The zero-order valence-electron chi connectivity index (χ0n) is 11.3. The van der Waals surface area contributed by atoms with Gasteiger partial charge >= 0.3 is 0 Å². The topological polar surface area (TPSA) is 41.1 Å². The van der Waals surface area contributed by atoms with E-state index in [1.54, 1.807) is 7.05 Å². The summed E-state index contributed by atoms with van der Waals surface area (Å²) in [5.74, 6) is -0.0310. The Morgan fingerprint density at radius 2 is 1.94 bits per heavy atom. The van der Waals surface area contributed by atoms with Gasteiger partial charge in [0.25, 0.3) is 5.91 Å². The molecule has 2 N–H and O–H groups in total. The van der Waals surface area contributed by atoms with Crippen molar-refractivity contribution in [1.82, 2.24) is 10.6 Å². The number of rotatable bonds is 5. The zero-order chi connectivity index (χ0) is 13.0. The van der Waals surface area contributed by atoms with Gasteiger partial charge in [-0.25, -0.2) is 0 Å². The first-order valence-electron chi connectivity index (χ1n) is 6.65. The molecule has 1 aliphatic carbocycles. The van der Waals surface area contributed by atoms with E-state index in [2.05, 4.69) is 17.6 Å². The molecule has 1 amide bonds. The molecular weight excluding hydrogens is 224 g/mol. The predicted molar refractivity (Wildman–Crippen MR) is 73.5 cm³/mol. The second-order valence-corrected chi connectivity index (χ2v) is 5.54. The summed E-state index contributed by atoms with van der Waals surface area (Å²) in [7, 11) is 1.65. The van der Waals surface area contributed by atoms with E-state index in [0.29, 0.717) is 11.0 Å². The van der Waals surface area contributed by atoms with Gasteiger partial charge in [-0.1, -0.05) is 25.5 Å². The summed E-state index contributed by atoms with van der Waals surface area (Å²) in [6.45, 7) is 4.31. The maximum absolute atomic E-state index is 11.4. The largest absolute Gasteiger partial charge is 0.355 e. The lowest BCUT2D eigenvalue weighted by Crippen LogP contribution is -2.36. The molecular formula is C15H22N2O. The monoisotopic (exact) mass is 246 g/mol. The van der Waals surface area contributed by atoms with E-state index in [1.165, 1.54) is 24.8 Å².